The molecular formula is C17H20N2O4. The number of rotatable bonds is 6. The van der Waals surface area contributed by atoms with Crippen molar-refractivity contribution in [2.45, 2.75) is 19.3 Å². The molecule has 0 radical (unpaired) electrons. The molecule has 1 aromatic rings. The highest BCUT2D eigenvalue weighted by molar-refractivity contribution is 5.91. The number of fused-ring (bicyclic) bond motifs is 1. The molecule has 0 unspecified atom stereocenters. The van der Waals surface area contributed by atoms with E-state index in [1.54, 1.807) is 6.08 Å². The molecule has 2 aliphatic rings. The van der Waals surface area contributed by atoms with Crippen molar-refractivity contribution in [3.05, 3.63) is 29.8 Å². The van der Waals surface area contributed by atoms with Gasteiger partial charge in [-0.2, -0.15) is 0 Å². The minimum absolute atomic E-state index is 0.143. The van der Waals surface area contributed by atoms with E-state index in [9.17, 15) is 9.59 Å². The molecule has 122 valence electrons. The third kappa shape index (κ3) is 4.03. The van der Waals surface area contributed by atoms with Crippen molar-refractivity contribution in [1.29, 1.82) is 0 Å². The van der Waals surface area contributed by atoms with Crippen molar-refractivity contribution in [2.24, 2.45) is 0 Å². The van der Waals surface area contributed by atoms with E-state index in [0.717, 1.165) is 30.7 Å². The molecule has 2 amide bonds. The highest BCUT2D eigenvalue weighted by atomic mass is 16.7. The third-order valence-electron chi connectivity index (χ3n) is 3.90. The van der Waals surface area contributed by atoms with Gasteiger partial charge in [-0.15, -0.1) is 0 Å². The lowest BCUT2D eigenvalue weighted by atomic mass is 10.2. The minimum atomic E-state index is -0.143. The first-order valence-electron chi connectivity index (χ1n) is 7.86. The van der Waals surface area contributed by atoms with Gasteiger partial charge in [0.15, 0.2) is 11.5 Å². The summed E-state index contributed by atoms with van der Waals surface area (Å²) in [7, 11) is 0. The molecule has 6 nitrogen and oxygen atoms in total. The molecule has 0 atom stereocenters. The van der Waals surface area contributed by atoms with Crippen LogP contribution in [0.25, 0.3) is 6.08 Å². The molecular weight excluding hydrogens is 296 g/mol. The van der Waals surface area contributed by atoms with Crippen molar-refractivity contribution in [1.82, 2.24) is 10.2 Å². The van der Waals surface area contributed by atoms with Crippen LogP contribution < -0.4 is 14.8 Å². The normalized spacial score (nSPS) is 16.3. The Morgan fingerprint density at radius 2 is 2.17 bits per heavy atom. The standard InChI is InChI=1S/C17H20N2O4/c20-16(18-8-2-10-19-9-1-3-17(19)21)7-5-13-4-6-14-15(11-13)23-12-22-14/h4-7,11H,1-3,8-10,12H2,(H,18,20)/b7-5-. The second-order valence-corrected chi connectivity index (χ2v) is 5.57. The van der Waals surface area contributed by atoms with Gasteiger partial charge in [0.1, 0.15) is 0 Å². The Hall–Kier alpha value is -2.50. The van der Waals surface area contributed by atoms with Crippen LogP contribution in [0.4, 0.5) is 0 Å². The fraction of sp³-hybridized carbons (Fsp3) is 0.412. The van der Waals surface area contributed by atoms with Crippen LogP contribution in [0.2, 0.25) is 0 Å². The lowest BCUT2D eigenvalue weighted by molar-refractivity contribution is -0.127. The summed E-state index contributed by atoms with van der Waals surface area (Å²) in [6.45, 7) is 2.36. The zero-order valence-corrected chi connectivity index (χ0v) is 12.9. The first kappa shape index (κ1) is 15.4. The number of carbonyl (C=O) groups is 2. The van der Waals surface area contributed by atoms with Gasteiger partial charge in [0.25, 0.3) is 0 Å². The summed E-state index contributed by atoms with van der Waals surface area (Å²) < 4.78 is 10.5. The summed E-state index contributed by atoms with van der Waals surface area (Å²) in [6.07, 6.45) is 5.61. The number of hydrogen-bond acceptors (Lipinski definition) is 4. The second kappa shape index (κ2) is 7.17. The van der Waals surface area contributed by atoms with Crippen molar-refractivity contribution < 1.29 is 19.1 Å². The molecule has 0 aliphatic carbocycles. The van der Waals surface area contributed by atoms with E-state index in [2.05, 4.69) is 5.32 Å². The molecule has 1 fully saturated rings. The maximum Gasteiger partial charge on any atom is 0.244 e. The average Bonchev–Trinajstić information content (AvgIpc) is 3.18. The van der Waals surface area contributed by atoms with Gasteiger partial charge in [0.2, 0.25) is 18.6 Å². The van der Waals surface area contributed by atoms with E-state index in [-0.39, 0.29) is 18.6 Å². The summed E-state index contributed by atoms with van der Waals surface area (Å²) in [5.74, 6) is 1.50. The van der Waals surface area contributed by atoms with E-state index in [4.69, 9.17) is 9.47 Å². The number of carbonyl (C=O) groups excluding carboxylic acids is 2. The topological polar surface area (TPSA) is 67.9 Å². The van der Waals surface area contributed by atoms with Crippen LogP contribution in [0.3, 0.4) is 0 Å². The largest absolute Gasteiger partial charge is 0.454 e. The van der Waals surface area contributed by atoms with Crippen LogP contribution >= 0.6 is 0 Å². The van der Waals surface area contributed by atoms with Crippen LogP contribution in [0, 0.1) is 0 Å². The van der Waals surface area contributed by atoms with E-state index < -0.39 is 0 Å². The smallest absolute Gasteiger partial charge is 0.244 e. The fourth-order valence-electron chi connectivity index (χ4n) is 2.67. The minimum Gasteiger partial charge on any atom is -0.454 e. The fourth-order valence-corrected chi connectivity index (χ4v) is 2.67. The summed E-state index contributed by atoms with van der Waals surface area (Å²) in [5, 5.41) is 2.82. The van der Waals surface area contributed by atoms with Crippen LogP contribution in [-0.4, -0.2) is 43.1 Å². The Balaban J connectivity index is 1.39. The van der Waals surface area contributed by atoms with Crippen LogP contribution in [0.1, 0.15) is 24.8 Å². The Kier molecular flexibility index (Phi) is 4.80. The zero-order valence-electron chi connectivity index (χ0n) is 12.9. The molecule has 0 spiro atoms. The van der Waals surface area contributed by atoms with Gasteiger partial charge in [-0.1, -0.05) is 6.07 Å². The number of nitrogens with zero attached hydrogens (tertiary/aromatic N) is 1. The maximum atomic E-state index is 11.8. The second-order valence-electron chi connectivity index (χ2n) is 5.57. The number of amides is 2. The summed E-state index contributed by atoms with van der Waals surface area (Å²) in [4.78, 5) is 25.1. The molecule has 2 aliphatic heterocycles. The number of ether oxygens (including phenoxy) is 2. The van der Waals surface area contributed by atoms with Gasteiger partial charge in [0, 0.05) is 32.1 Å². The quantitative estimate of drug-likeness (QED) is 0.639. The number of hydrogen-bond donors (Lipinski definition) is 1. The van der Waals surface area contributed by atoms with Crippen molar-refractivity contribution in [2.75, 3.05) is 26.4 Å². The van der Waals surface area contributed by atoms with Gasteiger partial charge in [0.05, 0.1) is 0 Å². The van der Waals surface area contributed by atoms with Crippen LogP contribution in [0.15, 0.2) is 24.3 Å². The van der Waals surface area contributed by atoms with Crippen LogP contribution in [-0.2, 0) is 9.59 Å². The highest BCUT2D eigenvalue weighted by Crippen LogP contribution is 2.32. The average molecular weight is 316 g/mol. The molecule has 0 bridgehead atoms. The molecule has 1 N–H and O–H groups in total. The Labute approximate surface area is 135 Å². The van der Waals surface area contributed by atoms with Crippen molar-refractivity contribution in [3.8, 4) is 11.5 Å². The lowest BCUT2D eigenvalue weighted by Crippen LogP contribution is -2.29. The van der Waals surface area contributed by atoms with Crippen molar-refractivity contribution in [3.63, 3.8) is 0 Å². The van der Waals surface area contributed by atoms with E-state index in [1.165, 1.54) is 6.08 Å². The summed E-state index contributed by atoms with van der Waals surface area (Å²) in [6, 6.07) is 5.54. The lowest BCUT2D eigenvalue weighted by Gasteiger charge is -2.14. The van der Waals surface area contributed by atoms with Gasteiger partial charge < -0.3 is 19.7 Å². The number of nitrogens with one attached hydrogen (secondary N) is 1. The molecule has 23 heavy (non-hydrogen) atoms. The van der Waals surface area contributed by atoms with Gasteiger partial charge in [-0.25, -0.2) is 0 Å². The molecule has 0 aromatic heterocycles. The Morgan fingerprint density at radius 1 is 1.30 bits per heavy atom. The molecule has 3 rings (SSSR count). The molecule has 1 saturated heterocycles. The SMILES string of the molecule is O=C(/C=C\c1ccc2c(c1)OCO2)NCCCN1CCCC1=O. The summed E-state index contributed by atoms with van der Waals surface area (Å²) >= 11 is 0. The number of likely N-dealkylation sites (tertiary alicyclic amines) is 1. The molecule has 2 heterocycles. The predicted molar refractivity (Wildman–Crippen MR) is 85.0 cm³/mol. The zero-order chi connectivity index (χ0) is 16.1. The van der Waals surface area contributed by atoms with Gasteiger partial charge in [-0.3, -0.25) is 9.59 Å². The van der Waals surface area contributed by atoms with E-state index in [1.807, 2.05) is 23.1 Å². The predicted octanol–water partition coefficient (Wildman–Crippen LogP) is 1.56. The molecule has 0 saturated carbocycles. The highest BCUT2D eigenvalue weighted by Gasteiger charge is 2.18. The van der Waals surface area contributed by atoms with Crippen molar-refractivity contribution >= 4 is 17.9 Å². The van der Waals surface area contributed by atoms with Gasteiger partial charge in [-0.05, 0) is 36.6 Å². The maximum absolute atomic E-state index is 11.8. The monoisotopic (exact) mass is 316 g/mol. The van der Waals surface area contributed by atoms with Gasteiger partial charge >= 0.3 is 0 Å². The first-order valence-corrected chi connectivity index (χ1v) is 7.86. The first-order chi connectivity index (χ1) is 11.2. The van der Waals surface area contributed by atoms with Crippen LogP contribution in [0.5, 0.6) is 11.5 Å². The van der Waals surface area contributed by atoms with E-state index in [0.29, 0.717) is 25.3 Å². The van der Waals surface area contributed by atoms with E-state index >= 15 is 0 Å². The Bertz CT molecular complexity index is 627. The molecule has 1 aromatic carbocycles. The Morgan fingerprint density at radius 3 is 3.00 bits per heavy atom. The number of benzene rings is 1. The molecule has 6 heteroatoms. The third-order valence-corrected chi connectivity index (χ3v) is 3.90. The summed E-state index contributed by atoms with van der Waals surface area (Å²) in [5.41, 5.74) is 0.882.